The highest BCUT2D eigenvalue weighted by atomic mass is 79.9. The Morgan fingerprint density at radius 2 is 1.58 bits per heavy atom. The number of amides is 4. The number of nitrogens with zero attached hydrogens (tertiary/aromatic N) is 1. The average molecular weight is 522 g/mol. The van der Waals surface area contributed by atoms with Crippen LogP contribution in [0.3, 0.4) is 0 Å². The Morgan fingerprint density at radius 3 is 2.18 bits per heavy atom. The van der Waals surface area contributed by atoms with Crippen LogP contribution >= 0.6 is 15.9 Å². The maximum absolute atomic E-state index is 13.7. The molecule has 0 radical (unpaired) electrons. The lowest BCUT2D eigenvalue weighted by atomic mass is 9.93. The summed E-state index contributed by atoms with van der Waals surface area (Å²) < 4.78 is 5.89. The van der Waals surface area contributed by atoms with Crippen LogP contribution in [0.5, 0.6) is 0 Å². The van der Waals surface area contributed by atoms with Crippen molar-refractivity contribution in [3.05, 3.63) is 28.2 Å². The fourth-order valence-electron chi connectivity index (χ4n) is 4.57. The lowest BCUT2D eigenvalue weighted by molar-refractivity contribution is 0.0632. The Labute approximate surface area is 205 Å². The summed E-state index contributed by atoms with van der Waals surface area (Å²) in [6, 6.07) is 4.68. The molecule has 2 N–H and O–H groups in total. The third kappa shape index (κ3) is 7.45. The van der Waals surface area contributed by atoms with E-state index in [1.54, 1.807) is 39.0 Å². The maximum atomic E-state index is 13.7. The smallest absolute Gasteiger partial charge is 0.412 e. The number of carbonyl (C=O) groups is 3. The van der Waals surface area contributed by atoms with Gasteiger partial charge in [-0.1, -0.05) is 38.5 Å². The molecule has 2 aliphatic carbocycles. The Morgan fingerprint density at radius 1 is 0.970 bits per heavy atom. The van der Waals surface area contributed by atoms with Crippen LogP contribution in [0, 0.1) is 0 Å². The first-order chi connectivity index (χ1) is 15.6. The summed E-state index contributed by atoms with van der Waals surface area (Å²) in [4.78, 5) is 40.7. The van der Waals surface area contributed by atoms with Crippen LogP contribution in [0.4, 0.5) is 15.3 Å². The second-order valence-corrected chi connectivity index (χ2v) is 10.9. The van der Waals surface area contributed by atoms with E-state index >= 15 is 0 Å². The first-order valence-corrected chi connectivity index (χ1v) is 12.9. The van der Waals surface area contributed by atoms with Crippen LogP contribution in [0.15, 0.2) is 22.7 Å². The topological polar surface area (TPSA) is 87.7 Å². The highest BCUT2D eigenvalue weighted by molar-refractivity contribution is 9.10. The SMILES string of the molecule is CC(C)(C)OC(=O)Nc1ccc(Br)c(C(=O)N(C(=O)NC2CCCCC2)C2CCCCC2)c1. The highest BCUT2D eigenvalue weighted by Gasteiger charge is 2.34. The summed E-state index contributed by atoms with van der Waals surface area (Å²) in [6.07, 6.45) is 9.49. The van der Waals surface area contributed by atoms with Crippen LogP contribution in [0.1, 0.15) is 95.3 Å². The van der Waals surface area contributed by atoms with Crippen LogP contribution in [0.25, 0.3) is 0 Å². The van der Waals surface area contributed by atoms with E-state index < -0.39 is 11.7 Å². The zero-order chi connectivity index (χ0) is 24.0. The number of hydrogen-bond acceptors (Lipinski definition) is 4. The molecule has 0 aliphatic heterocycles. The molecule has 0 heterocycles. The molecule has 2 fully saturated rings. The molecule has 0 bridgehead atoms. The number of rotatable bonds is 4. The molecule has 8 heteroatoms. The van der Waals surface area contributed by atoms with Crippen LogP contribution < -0.4 is 10.6 Å². The van der Waals surface area contributed by atoms with Gasteiger partial charge < -0.3 is 10.1 Å². The summed E-state index contributed by atoms with van der Waals surface area (Å²) >= 11 is 3.46. The van der Waals surface area contributed by atoms with E-state index in [0.717, 1.165) is 57.8 Å². The molecule has 1 aromatic carbocycles. The molecule has 3 rings (SSSR count). The second kappa shape index (κ2) is 11.4. The van der Waals surface area contributed by atoms with E-state index in [9.17, 15) is 14.4 Å². The van der Waals surface area contributed by atoms with E-state index in [-0.39, 0.29) is 24.0 Å². The number of halogens is 1. The Bertz CT molecular complexity index is 856. The Balaban J connectivity index is 1.82. The molecular weight excluding hydrogens is 486 g/mol. The van der Waals surface area contributed by atoms with Gasteiger partial charge in [0.2, 0.25) is 0 Å². The first-order valence-electron chi connectivity index (χ1n) is 12.1. The van der Waals surface area contributed by atoms with E-state index in [1.165, 1.54) is 11.3 Å². The number of carbonyl (C=O) groups excluding carboxylic acids is 3. The number of imide groups is 1. The van der Waals surface area contributed by atoms with Crippen molar-refractivity contribution in [1.82, 2.24) is 10.2 Å². The molecule has 0 atom stereocenters. The van der Waals surface area contributed by atoms with E-state index in [4.69, 9.17) is 4.74 Å². The van der Waals surface area contributed by atoms with Crippen LogP contribution in [0.2, 0.25) is 0 Å². The molecule has 0 saturated heterocycles. The van der Waals surface area contributed by atoms with E-state index in [1.807, 2.05) is 0 Å². The first kappa shape index (κ1) is 25.5. The van der Waals surface area contributed by atoms with Gasteiger partial charge in [-0.2, -0.15) is 0 Å². The fourth-order valence-corrected chi connectivity index (χ4v) is 4.99. The number of nitrogens with one attached hydrogen (secondary N) is 2. The monoisotopic (exact) mass is 521 g/mol. The van der Waals surface area contributed by atoms with Gasteiger partial charge in [0.1, 0.15) is 5.60 Å². The van der Waals surface area contributed by atoms with Crippen molar-refractivity contribution in [2.24, 2.45) is 0 Å². The van der Waals surface area contributed by atoms with Crippen molar-refractivity contribution in [3.63, 3.8) is 0 Å². The summed E-state index contributed by atoms with van der Waals surface area (Å²) in [6.45, 7) is 5.36. The number of hydrogen-bond donors (Lipinski definition) is 2. The molecule has 0 unspecified atom stereocenters. The number of benzene rings is 1. The van der Waals surface area contributed by atoms with Crippen molar-refractivity contribution < 1.29 is 19.1 Å². The van der Waals surface area contributed by atoms with Crippen molar-refractivity contribution in [1.29, 1.82) is 0 Å². The summed E-state index contributed by atoms with van der Waals surface area (Å²) in [5.41, 5.74) is 0.146. The Kier molecular flexibility index (Phi) is 8.79. The minimum absolute atomic E-state index is 0.119. The third-order valence-corrected chi connectivity index (χ3v) is 6.84. The maximum Gasteiger partial charge on any atom is 0.412 e. The van der Waals surface area contributed by atoms with Gasteiger partial charge >= 0.3 is 12.1 Å². The zero-order valence-electron chi connectivity index (χ0n) is 19.9. The number of urea groups is 1. The highest BCUT2D eigenvalue weighted by Crippen LogP contribution is 2.29. The largest absolute Gasteiger partial charge is 0.444 e. The van der Waals surface area contributed by atoms with E-state index in [0.29, 0.717) is 15.7 Å². The quantitative estimate of drug-likeness (QED) is 0.466. The average Bonchev–Trinajstić information content (AvgIpc) is 2.75. The van der Waals surface area contributed by atoms with Crippen molar-refractivity contribution >= 4 is 39.6 Å². The third-order valence-electron chi connectivity index (χ3n) is 6.15. The van der Waals surface area contributed by atoms with Gasteiger partial charge in [0.15, 0.2) is 0 Å². The summed E-state index contributed by atoms with van der Waals surface area (Å²) in [5, 5.41) is 5.80. The fraction of sp³-hybridized carbons (Fsp3) is 0.640. The molecule has 4 amide bonds. The normalized spacial score (nSPS) is 17.8. The molecule has 2 saturated carbocycles. The zero-order valence-corrected chi connectivity index (χ0v) is 21.5. The number of anilines is 1. The minimum Gasteiger partial charge on any atom is -0.444 e. The van der Waals surface area contributed by atoms with E-state index in [2.05, 4.69) is 26.6 Å². The molecule has 1 aromatic rings. The molecular formula is C25H36BrN3O4. The Hall–Kier alpha value is -2.09. The van der Waals surface area contributed by atoms with Gasteiger partial charge in [0.25, 0.3) is 5.91 Å². The van der Waals surface area contributed by atoms with Crippen molar-refractivity contribution in [3.8, 4) is 0 Å². The van der Waals surface area contributed by atoms with Crippen LogP contribution in [-0.2, 0) is 4.74 Å². The lowest BCUT2D eigenvalue weighted by Crippen LogP contribution is -2.53. The molecule has 182 valence electrons. The minimum atomic E-state index is -0.632. The van der Waals surface area contributed by atoms with Gasteiger partial charge in [0.05, 0.1) is 5.56 Å². The molecule has 7 nitrogen and oxygen atoms in total. The van der Waals surface area contributed by atoms with Gasteiger partial charge in [0, 0.05) is 22.2 Å². The standard InChI is InChI=1S/C25H36BrN3O4/c1-25(2,3)33-24(32)28-18-14-15-21(26)20(16-18)22(30)29(19-12-8-5-9-13-19)23(31)27-17-10-6-4-7-11-17/h14-17,19H,4-13H2,1-3H3,(H,27,31)(H,28,32). The number of ether oxygens (including phenoxy) is 1. The summed E-state index contributed by atoms with van der Waals surface area (Å²) in [7, 11) is 0. The molecule has 0 spiro atoms. The lowest BCUT2D eigenvalue weighted by Gasteiger charge is -2.35. The second-order valence-electron chi connectivity index (χ2n) is 10.1. The van der Waals surface area contributed by atoms with Gasteiger partial charge in [-0.25, -0.2) is 9.59 Å². The van der Waals surface area contributed by atoms with Gasteiger partial charge in [-0.05, 0) is 80.6 Å². The van der Waals surface area contributed by atoms with Gasteiger partial charge in [-0.15, -0.1) is 0 Å². The predicted molar refractivity (Wildman–Crippen MR) is 132 cm³/mol. The molecule has 2 aliphatic rings. The van der Waals surface area contributed by atoms with Crippen molar-refractivity contribution in [2.45, 2.75) is 103 Å². The molecule has 0 aromatic heterocycles. The van der Waals surface area contributed by atoms with Crippen molar-refractivity contribution in [2.75, 3.05) is 5.32 Å². The van der Waals surface area contributed by atoms with Crippen LogP contribution in [-0.4, -0.2) is 40.6 Å². The summed E-state index contributed by atoms with van der Waals surface area (Å²) in [5.74, 6) is -0.352. The molecule has 33 heavy (non-hydrogen) atoms. The predicted octanol–water partition coefficient (Wildman–Crippen LogP) is 6.61. The van der Waals surface area contributed by atoms with Gasteiger partial charge in [-0.3, -0.25) is 15.0 Å².